The summed E-state index contributed by atoms with van der Waals surface area (Å²) in [7, 11) is 2.84. The van der Waals surface area contributed by atoms with Gasteiger partial charge in [0.1, 0.15) is 6.26 Å². The first-order valence-corrected chi connectivity index (χ1v) is 5.51. The maximum atomic E-state index is 12.1. The Morgan fingerprint density at radius 1 is 1.26 bits per heavy atom. The van der Waals surface area contributed by atoms with Crippen LogP contribution in [-0.2, 0) is 4.74 Å². The molecule has 0 aliphatic rings. The molecule has 1 aromatic heterocycles. The number of aromatic nitrogens is 1. The summed E-state index contributed by atoms with van der Waals surface area (Å²) in [5, 5.41) is 3.58. The molecule has 0 radical (unpaired) electrons. The highest BCUT2D eigenvalue weighted by Gasteiger charge is 2.21. The van der Waals surface area contributed by atoms with Gasteiger partial charge in [-0.3, -0.25) is 4.79 Å². The van der Waals surface area contributed by atoms with Crippen LogP contribution in [0.25, 0.3) is 0 Å². The summed E-state index contributed by atoms with van der Waals surface area (Å²) in [6.45, 7) is 0. The lowest BCUT2D eigenvalue weighted by molar-refractivity contribution is 0.0601. The van der Waals surface area contributed by atoms with Gasteiger partial charge in [-0.25, -0.2) is 4.79 Å². The summed E-state index contributed by atoms with van der Waals surface area (Å²) in [6, 6.07) is 8.14. The number of anilines is 1. The highest BCUT2D eigenvalue weighted by molar-refractivity contribution is 6.08. The quantitative estimate of drug-likeness (QED) is 0.786. The van der Waals surface area contributed by atoms with Gasteiger partial charge in [0, 0.05) is 13.1 Å². The molecule has 19 heavy (non-hydrogen) atoms. The summed E-state index contributed by atoms with van der Waals surface area (Å²) in [4.78, 5) is 25.1. The van der Waals surface area contributed by atoms with E-state index in [9.17, 15) is 9.59 Å². The first-order valence-electron chi connectivity index (χ1n) is 5.51. The fourth-order valence-corrected chi connectivity index (χ4v) is 1.65. The molecule has 0 N–H and O–H groups in total. The first-order chi connectivity index (χ1) is 9.15. The van der Waals surface area contributed by atoms with Crippen molar-refractivity contribution in [2.24, 2.45) is 0 Å². The number of rotatable bonds is 3. The van der Waals surface area contributed by atoms with Gasteiger partial charge in [-0.1, -0.05) is 17.3 Å². The number of benzene rings is 1. The van der Waals surface area contributed by atoms with Crippen LogP contribution in [0.15, 0.2) is 41.1 Å². The lowest BCUT2D eigenvalue weighted by Gasteiger charge is -2.18. The number of para-hydroxylation sites is 1. The Hall–Kier alpha value is -2.63. The van der Waals surface area contributed by atoms with Gasteiger partial charge in [0.15, 0.2) is 5.69 Å². The molecule has 0 bridgehead atoms. The van der Waals surface area contributed by atoms with Crippen molar-refractivity contribution in [1.29, 1.82) is 0 Å². The zero-order chi connectivity index (χ0) is 13.8. The third-order valence-electron chi connectivity index (χ3n) is 2.63. The topological polar surface area (TPSA) is 72.6 Å². The molecule has 1 heterocycles. The van der Waals surface area contributed by atoms with Crippen LogP contribution in [0.1, 0.15) is 20.8 Å². The van der Waals surface area contributed by atoms with Crippen molar-refractivity contribution in [3.05, 3.63) is 47.9 Å². The molecule has 0 aliphatic carbocycles. The fourth-order valence-electron chi connectivity index (χ4n) is 1.65. The lowest BCUT2D eigenvalue weighted by Crippen LogP contribution is -2.28. The van der Waals surface area contributed by atoms with Crippen molar-refractivity contribution in [1.82, 2.24) is 5.16 Å². The average molecular weight is 260 g/mol. The average Bonchev–Trinajstić information content (AvgIpc) is 2.99. The van der Waals surface area contributed by atoms with E-state index in [0.717, 1.165) is 0 Å². The predicted octanol–water partition coefficient (Wildman–Crippen LogP) is 1.74. The minimum Gasteiger partial charge on any atom is -0.465 e. The molecule has 6 nitrogen and oxygen atoms in total. The zero-order valence-corrected chi connectivity index (χ0v) is 10.5. The molecule has 0 atom stereocenters. The normalized spacial score (nSPS) is 10.0. The number of methoxy groups -OCH3 is 1. The highest BCUT2D eigenvalue weighted by Crippen LogP contribution is 2.21. The SMILES string of the molecule is COC(=O)c1ccccc1N(C)C(=O)c1ccon1. The van der Waals surface area contributed by atoms with Crippen LogP contribution in [0, 0.1) is 0 Å². The second-order valence-electron chi connectivity index (χ2n) is 3.76. The molecule has 0 saturated carbocycles. The number of esters is 1. The molecule has 1 amide bonds. The molecule has 0 saturated heterocycles. The first kappa shape index (κ1) is 12.8. The minimum absolute atomic E-state index is 0.169. The predicted molar refractivity (Wildman–Crippen MR) is 67.0 cm³/mol. The molecule has 98 valence electrons. The van der Waals surface area contributed by atoms with Crippen molar-refractivity contribution < 1.29 is 18.8 Å². The van der Waals surface area contributed by atoms with Crippen LogP contribution in [-0.4, -0.2) is 31.2 Å². The summed E-state index contributed by atoms with van der Waals surface area (Å²) in [5.74, 6) is -0.875. The minimum atomic E-state index is -0.504. The number of amides is 1. The summed E-state index contributed by atoms with van der Waals surface area (Å²) >= 11 is 0. The van der Waals surface area contributed by atoms with Gasteiger partial charge in [-0.15, -0.1) is 0 Å². The molecule has 6 heteroatoms. The molecule has 2 aromatic rings. The van der Waals surface area contributed by atoms with Crippen molar-refractivity contribution in [3.8, 4) is 0 Å². The second kappa shape index (κ2) is 5.34. The van der Waals surface area contributed by atoms with E-state index < -0.39 is 5.97 Å². The molecule has 0 spiro atoms. The molecular formula is C13H12N2O4. The van der Waals surface area contributed by atoms with Gasteiger partial charge in [0.25, 0.3) is 5.91 Å². The van der Waals surface area contributed by atoms with Crippen LogP contribution in [0.4, 0.5) is 5.69 Å². The van der Waals surface area contributed by atoms with Gasteiger partial charge in [-0.2, -0.15) is 0 Å². The summed E-state index contributed by atoms with van der Waals surface area (Å²) in [5.41, 5.74) is 0.925. The van der Waals surface area contributed by atoms with Crippen LogP contribution < -0.4 is 4.90 Å². The van der Waals surface area contributed by atoms with Crippen LogP contribution >= 0.6 is 0 Å². The van der Waals surface area contributed by atoms with E-state index in [1.54, 1.807) is 31.3 Å². The zero-order valence-electron chi connectivity index (χ0n) is 10.5. The Morgan fingerprint density at radius 3 is 2.63 bits per heavy atom. The highest BCUT2D eigenvalue weighted by atomic mass is 16.5. The number of carbonyl (C=O) groups is 2. The Morgan fingerprint density at radius 2 is 2.00 bits per heavy atom. The molecular weight excluding hydrogens is 248 g/mol. The van der Waals surface area contributed by atoms with Crippen LogP contribution in [0.3, 0.4) is 0 Å². The smallest absolute Gasteiger partial charge is 0.339 e. The van der Waals surface area contributed by atoms with Crippen molar-refractivity contribution in [2.45, 2.75) is 0 Å². The van der Waals surface area contributed by atoms with Gasteiger partial charge < -0.3 is 14.2 Å². The summed E-state index contributed by atoms with van der Waals surface area (Å²) < 4.78 is 9.32. The van der Waals surface area contributed by atoms with E-state index in [1.165, 1.54) is 24.3 Å². The summed E-state index contributed by atoms with van der Waals surface area (Å²) in [6.07, 6.45) is 1.31. The lowest BCUT2D eigenvalue weighted by atomic mass is 10.1. The Bertz CT molecular complexity index is 592. The number of carbonyl (C=O) groups excluding carboxylic acids is 2. The Labute approximate surface area is 109 Å². The van der Waals surface area contributed by atoms with Gasteiger partial charge in [0.05, 0.1) is 18.4 Å². The fraction of sp³-hybridized carbons (Fsp3) is 0.154. The molecule has 1 aromatic carbocycles. The van der Waals surface area contributed by atoms with E-state index in [-0.39, 0.29) is 11.6 Å². The van der Waals surface area contributed by atoms with Gasteiger partial charge in [0.2, 0.25) is 0 Å². The van der Waals surface area contributed by atoms with Gasteiger partial charge in [-0.05, 0) is 12.1 Å². The van der Waals surface area contributed by atoms with Crippen LogP contribution in [0.2, 0.25) is 0 Å². The Kier molecular flexibility index (Phi) is 3.61. The van der Waals surface area contributed by atoms with Crippen LogP contribution in [0.5, 0.6) is 0 Å². The standard InChI is InChI=1S/C13H12N2O4/c1-15(12(16)10-7-8-19-14-10)11-6-4-3-5-9(11)13(17)18-2/h3-8H,1-2H3. The number of nitrogens with zero attached hydrogens (tertiary/aromatic N) is 2. The monoisotopic (exact) mass is 260 g/mol. The third-order valence-corrected chi connectivity index (χ3v) is 2.63. The third kappa shape index (κ3) is 2.47. The molecule has 0 unspecified atom stereocenters. The number of hydrogen-bond acceptors (Lipinski definition) is 5. The maximum Gasteiger partial charge on any atom is 0.339 e. The maximum absolute atomic E-state index is 12.1. The second-order valence-corrected chi connectivity index (χ2v) is 3.76. The van der Waals surface area contributed by atoms with Crippen molar-refractivity contribution in [2.75, 3.05) is 19.1 Å². The van der Waals surface area contributed by atoms with E-state index >= 15 is 0 Å². The van der Waals surface area contributed by atoms with Crippen molar-refractivity contribution in [3.63, 3.8) is 0 Å². The van der Waals surface area contributed by atoms with E-state index in [2.05, 4.69) is 14.4 Å². The Balaban J connectivity index is 2.36. The van der Waals surface area contributed by atoms with Gasteiger partial charge >= 0.3 is 5.97 Å². The van der Waals surface area contributed by atoms with E-state index in [1.807, 2.05) is 0 Å². The largest absolute Gasteiger partial charge is 0.465 e. The molecule has 0 fully saturated rings. The van der Waals surface area contributed by atoms with E-state index in [4.69, 9.17) is 0 Å². The number of ether oxygens (including phenoxy) is 1. The number of hydrogen-bond donors (Lipinski definition) is 0. The van der Waals surface area contributed by atoms with E-state index in [0.29, 0.717) is 11.3 Å². The molecule has 2 rings (SSSR count). The van der Waals surface area contributed by atoms with Crippen molar-refractivity contribution >= 4 is 17.6 Å². The molecule has 0 aliphatic heterocycles.